The predicted octanol–water partition coefficient (Wildman–Crippen LogP) is 4.34. The van der Waals surface area contributed by atoms with Crippen LogP contribution in [0, 0.1) is 6.92 Å². The third-order valence-electron chi connectivity index (χ3n) is 4.03. The highest BCUT2D eigenvalue weighted by Gasteiger charge is 2.16. The van der Waals surface area contributed by atoms with Gasteiger partial charge in [-0.25, -0.2) is 9.78 Å². The molecule has 7 heteroatoms. The number of rotatable bonds is 4. The lowest BCUT2D eigenvalue weighted by Crippen LogP contribution is -2.19. The highest BCUT2D eigenvalue weighted by atomic mass is 35.5. The molecule has 0 amide bonds. The Bertz CT molecular complexity index is 1140. The van der Waals surface area contributed by atoms with Crippen LogP contribution in [-0.4, -0.2) is 19.6 Å². The molecule has 26 heavy (non-hydrogen) atoms. The second kappa shape index (κ2) is 6.97. The molecule has 4 rings (SSSR count). The van der Waals surface area contributed by atoms with Gasteiger partial charge >= 0.3 is 5.69 Å². The summed E-state index contributed by atoms with van der Waals surface area (Å²) in [5.41, 5.74) is 3.87. The summed E-state index contributed by atoms with van der Waals surface area (Å²) in [6, 6.07) is 17.5. The van der Waals surface area contributed by atoms with Crippen LogP contribution in [0.15, 0.2) is 64.5 Å². The lowest BCUT2D eigenvalue weighted by molar-refractivity contribution is 0.780. The number of H-pyrrole nitrogens is 1. The number of aromatic nitrogens is 4. The summed E-state index contributed by atoms with van der Waals surface area (Å²) in [6.07, 6.45) is 0. The molecule has 0 aliphatic heterocycles. The van der Waals surface area contributed by atoms with Gasteiger partial charge in [-0.05, 0) is 24.1 Å². The zero-order valence-corrected chi connectivity index (χ0v) is 15.5. The van der Waals surface area contributed by atoms with Gasteiger partial charge in [0, 0.05) is 16.3 Å². The van der Waals surface area contributed by atoms with E-state index < -0.39 is 0 Å². The molecule has 2 aromatic heterocycles. The number of thioether (sulfide) groups is 1. The van der Waals surface area contributed by atoms with E-state index in [9.17, 15) is 4.79 Å². The number of hydrogen-bond donors (Lipinski definition) is 1. The zero-order valence-electron chi connectivity index (χ0n) is 13.9. The van der Waals surface area contributed by atoms with E-state index in [2.05, 4.69) is 15.1 Å². The molecule has 2 heterocycles. The number of fused-ring (bicyclic) bond motifs is 1. The normalized spacial score (nSPS) is 11.2. The molecule has 0 saturated heterocycles. The van der Waals surface area contributed by atoms with Gasteiger partial charge in [0.25, 0.3) is 0 Å². The summed E-state index contributed by atoms with van der Waals surface area (Å²) in [5.74, 6) is 0.618. The molecule has 1 N–H and O–H groups in total. The maximum atomic E-state index is 12.4. The van der Waals surface area contributed by atoms with Crippen molar-refractivity contribution in [2.45, 2.75) is 17.8 Å². The van der Waals surface area contributed by atoms with Crippen LogP contribution in [0.5, 0.6) is 0 Å². The minimum absolute atomic E-state index is 0.304. The van der Waals surface area contributed by atoms with E-state index in [1.165, 1.54) is 16.3 Å². The summed E-state index contributed by atoms with van der Waals surface area (Å²) in [5, 5.41) is 5.59. The molecule has 5 nitrogen and oxygen atoms in total. The van der Waals surface area contributed by atoms with E-state index in [0.29, 0.717) is 21.6 Å². The van der Waals surface area contributed by atoms with Gasteiger partial charge in [-0.15, -0.1) is 0 Å². The van der Waals surface area contributed by atoms with E-state index in [1.807, 2.05) is 61.5 Å². The lowest BCUT2D eigenvalue weighted by Gasteiger charge is -2.05. The summed E-state index contributed by atoms with van der Waals surface area (Å²) in [4.78, 5) is 19.9. The molecule has 0 atom stereocenters. The second-order valence-corrected chi connectivity index (χ2v) is 7.16. The fraction of sp³-hybridized carbons (Fsp3) is 0.105. The largest absolute Gasteiger partial charge is 0.350 e. The Morgan fingerprint density at radius 1 is 1.12 bits per heavy atom. The predicted molar refractivity (Wildman–Crippen MR) is 105 cm³/mol. The van der Waals surface area contributed by atoms with Gasteiger partial charge in [-0.3, -0.25) is 4.98 Å². The van der Waals surface area contributed by atoms with Gasteiger partial charge in [-0.1, -0.05) is 71.9 Å². The Kier molecular flexibility index (Phi) is 4.53. The first-order valence-corrected chi connectivity index (χ1v) is 9.41. The second-order valence-electron chi connectivity index (χ2n) is 5.79. The maximum Gasteiger partial charge on any atom is 0.350 e. The van der Waals surface area contributed by atoms with Crippen LogP contribution in [0.1, 0.15) is 11.3 Å². The fourth-order valence-electron chi connectivity index (χ4n) is 2.80. The molecule has 4 aromatic rings. The Morgan fingerprint density at radius 3 is 2.62 bits per heavy atom. The third-order valence-corrected chi connectivity index (χ3v) is 5.33. The molecule has 0 bridgehead atoms. The standard InChI is InChI=1S/C19H15ClN4OS/c1-12-16(13-7-3-2-4-8-13)17-21-18(22-19(25)24(17)23-12)26-11-14-9-5-6-10-15(14)20/h2-10H,11H2,1H3,(H,21,22,25). The van der Waals surface area contributed by atoms with Crippen LogP contribution in [0.25, 0.3) is 16.8 Å². The minimum Gasteiger partial charge on any atom is -0.285 e. The lowest BCUT2D eigenvalue weighted by atomic mass is 10.1. The van der Waals surface area contributed by atoms with Gasteiger partial charge < -0.3 is 0 Å². The Labute approximate surface area is 159 Å². The molecular formula is C19H15ClN4OS. The highest BCUT2D eigenvalue weighted by Crippen LogP contribution is 2.28. The van der Waals surface area contributed by atoms with E-state index in [-0.39, 0.29) is 5.69 Å². The molecule has 2 aromatic carbocycles. The van der Waals surface area contributed by atoms with E-state index >= 15 is 0 Å². The number of hydrogen-bond acceptors (Lipinski definition) is 4. The quantitative estimate of drug-likeness (QED) is 0.533. The molecule has 130 valence electrons. The number of halogens is 1. The number of nitrogens with one attached hydrogen (secondary N) is 1. The van der Waals surface area contributed by atoms with E-state index in [4.69, 9.17) is 11.6 Å². The molecule has 0 fully saturated rings. The first-order chi connectivity index (χ1) is 12.6. The summed E-state index contributed by atoms with van der Waals surface area (Å²) in [7, 11) is 0. The molecule has 0 saturated carbocycles. The Hall–Kier alpha value is -2.57. The van der Waals surface area contributed by atoms with Crippen molar-refractivity contribution >= 4 is 29.0 Å². The van der Waals surface area contributed by atoms with Crippen LogP contribution in [0.2, 0.25) is 5.02 Å². The smallest absolute Gasteiger partial charge is 0.285 e. The molecular weight excluding hydrogens is 368 g/mol. The van der Waals surface area contributed by atoms with Gasteiger partial charge in [0.1, 0.15) is 0 Å². The van der Waals surface area contributed by atoms with Gasteiger partial charge in [-0.2, -0.15) is 9.61 Å². The van der Waals surface area contributed by atoms with Crippen LogP contribution in [-0.2, 0) is 5.75 Å². The summed E-state index contributed by atoms with van der Waals surface area (Å²) < 4.78 is 1.32. The topological polar surface area (TPSA) is 63.1 Å². The molecule has 0 aliphatic carbocycles. The van der Waals surface area contributed by atoms with Crippen molar-refractivity contribution in [1.82, 2.24) is 19.6 Å². The summed E-state index contributed by atoms with van der Waals surface area (Å²) in [6.45, 7) is 1.88. The molecule has 0 unspecified atom stereocenters. The third kappa shape index (κ3) is 3.13. The van der Waals surface area contributed by atoms with Crippen molar-refractivity contribution in [1.29, 1.82) is 0 Å². The average molecular weight is 383 g/mol. The van der Waals surface area contributed by atoms with Crippen molar-refractivity contribution in [3.05, 3.63) is 81.4 Å². The number of nitrogens with zero attached hydrogens (tertiary/aromatic N) is 3. The Balaban J connectivity index is 1.76. The Morgan fingerprint density at radius 2 is 1.85 bits per heavy atom. The van der Waals surface area contributed by atoms with Gasteiger partial charge in [0.15, 0.2) is 10.8 Å². The van der Waals surface area contributed by atoms with Crippen molar-refractivity contribution in [2.75, 3.05) is 0 Å². The molecule has 0 radical (unpaired) electrons. The van der Waals surface area contributed by atoms with E-state index in [0.717, 1.165) is 22.4 Å². The average Bonchev–Trinajstić information content (AvgIpc) is 2.98. The van der Waals surface area contributed by atoms with Crippen molar-refractivity contribution in [3.63, 3.8) is 0 Å². The zero-order chi connectivity index (χ0) is 18.1. The highest BCUT2D eigenvalue weighted by molar-refractivity contribution is 7.98. The molecule has 0 aliphatic rings. The number of benzene rings is 2. The SMILES string of the molecule is Cc1nn2c(=O)[nH]c(SCc3ccccc3Cl)nc2c1-c1ccccc1. The van der Waals surface area contributed by atoms with E-state index in [1.54, 1.807) is 0 Å². The van der Waals surface area contributed by atoms with Crippen molar-refractivity contribution in [3.8, 4) is 11.1 Å². The van der Waals surface area contributed by atoms with Crippen LogP contribution < -0.4 is 5.69 Å². The van der Waals surface area contributed by atoms with Crippen LogP contribution >= 0.6 is 23.4 Å². The summed E-state index contributed by atoms with van der Waals surface area (Å²) >= 11 is 7.64. The monoisotopic (exact) mass is 382 g/mol. The van der Waals surface area contributed by atoms with Gasteiger partial charge in [0.2, 0.25) is 0 Å². The number of aryl methyl sites for hydroxylation is 1. The molecule has 0 spiro atoms. The van der Waals surface area contributed by atoms with Gasteiger partial charge in [0.05, 0.1) is 5.69 Å². The maximum absolute atomic E-state index is 12.4. The number of aromatic amines is 1. The van der Waals surface area contributed by atoms with Crippen molar-refractivity contribution < 1.29 is 0 Å². The fourth-order valence-corrected chi connectivity index (χ4v) is 3.94. The first kappa shape index (κ1) is 16.9. The first-order valence-electron chi connectivity index (χ1n) is 8.05. The minimum atomic E-state index is -0.304. The van der Waals surface area contributed by atoms with Crippen LogP contribution in [0.3, 0.4) is 0 Å². The van der Waals surface area contributed by atoms with Crippen LogP contribution in [0.4, 0.5) is 0 Å². The van der Waals surface area contributed by atoms with Crippen molar-refractivity contribution in [2.24, 2.45) is 0 Å².